The Morgan fingerprint density at radius 2 is 2.21 bits per heavy atom. The third kappa shape index (κ3) is 3.61. The Balaban J connectivity index is 1.65. The minimum absolute atomic E-state index is 0.0844. The number of nitriles is 1. The van der Waals surface area contributed by atoms with E-state index in [2.05, 4.69) is 10.2 Å². The van der Waals surface area contributed by atoms with E-state index in [4.69, 9.17) is 16.9 Å². The minimum Gasteiger partial charge on any atom is -0.324 e. The number of hydrogen-bond donors (Lipinski definition) is 1. The Labute approximate surface area is 146 Å². The van der Waals surface area contributed by atoms with E-state index >= 15 is 0 Å². The fourth-order valence-electron chi connectivity index (χ4n) is 3.85. The SMILES string of the molecule is N#Cc1ccc(Cl)cc1NC(=O)CN1CCCC1C1CCCC1=O. The van der Waals surface area contributed by atoms with Gasteiger partial charge in [0.2, 0.25) is 5.91 Å². The lowest BCUT2D eigenvalue weighted by Crippen LogP contribution is -2.41. The van der Waals surface area contributed by atoms with E-state index in [1.807, 2.05) is 6.07 Å². The number of likely N-dealkylation sites (tertiary alicyclic amines) is 1. The predicted octanol–water partition coefficient (Wildman–Crippen LogP) is 2.98. The van der Waals surface area contributed by atoms with Gasteiger partial charge >= 0.3 is 0 Å². The lowest BCUT2D eigenvalue weighted by atomic mass is 9.95. The van der Waals surface area contributed by atoms with Crippen LogP contribution in [0.3, 0.4) is 0 Å². The fraction of sp³-hybridized carbons (Fsp3) is 0.500. The number of hydrogen-bond acceptors (Lipinski definition) is 4. The summed E-state index contributed by atoms with van der Waals surface area (Å²) in [5.41, 5.74) is 0.819. The van der Waals surface area contributed by atoms with Gasteiger partial charge in [-0.25, -0.2) is 0 Å². The van der Waals surface area contributed by atoms with Gasteiger partial charge in [0.15, 0.2) is 0 Å². The van der Waals surface area contributed by atoms with Crippen LogP contribution >= 0.6 is 11.6 Å². The highest BCUT2D eigenvalue weighted by atomic mass is 35.5. The van der Waals surface area contributed by atoms with Crippen molar-refractivity contribution in [1.29, 1.82) is 5.26 Å². The number of nitrogens with one attached hydrogen (secondary N) is 1. The molecule has 126 valence electrons. The highest BCUT2D eigenvalue weighted by Crippen LogP contribution is 2.33. The fourth-order valence-corrected chi connectivity index (χ4v) is 4.02. The first-order valence-electron chi connectivity index (χ1n) is 8.35. The van der Waals surface area contributed by atoms with Gasteiger partial charge < -0.3 is 5.32 Å². The molecule has 0 spiro atoms. The second kappa shape index (κ2) is 7.33. The van der Waals surface area contributed by atoms with Crippen LogP contribution in [-0.4, -0.2) is 35.7 Å². The molecule has 3 rings (SSSR count). The molecule has 0 bridgehead atoms. The van der Waals surface area contributed by atoms with Crippen molar-refractivity contribution in [1.82, 2.24) is 4.90 Å². The molecular weight excluding hydrogens is 326 g/mol. The van der Waals surface area contributed by atoms with Crippen LogP contribution in [0, 0.1) is 17.2 Å². The number of Topliss-reactive ketones (excluding diaryl/α,β-unsaturated/α-hetero) is 1. The van der Waals surface area contributed by atoms with Gasteiger partial charge in [0.25, 0.3) is 0 Å². The van der Waals surface area contributed by atoms with Crippen molar-refractivity contribution in [3.05, 3.63) is 28.8 Å². The summed E-state index contributed by atoms with van der Waals surface area (Å²) in [6.45, 7) is 1.08. The summed E-state index contributed by atoms with van der Waals surface area (Å²) in [6.07, 6.45) is 4.57. The third-order valence-corrected chi connectivity index (χ3v) is 5.19. The molecule has 1 aromatic carbocycles. The molecule has 0 radical (unpaired) electrons. The van der Waals surface area contributed by atoms with Gasteiger partial charge in [-0.1, -0.05) is 11.6 Å². The highest BCUT2D eigenvalue weighted by Gasteiger charge is 2.38. The Morgan fingerprint density at radius 3 is 2.92 bits per heavy atom. The maximum absolute atomic E-state index is 12.4. The molecule has 1 N–H and O–H groups in total. The average Bonchev–Trinajstić information content (AvgIpc) is 3.16. The zero-order valence-electron chi connectivity index (χ0n) is 13.4. The van der Waals surface area contributed by atoms with Crippen LogP contribution in [-0.2, 0) is 9.59 Å². The first kappa shape index (κ1) is 16.9. The van der Waals surface area contributed by atoms with Crippen molar-refractivity contribution < 1.29 is 9.59 Å². The molecule has 24 heavy (non-hydrogen) atoms. The van der Waals surface area contributed by atoms with Crippen LogP contribution in [0.1, 0.15) is 37.7 Å². The number of amides is 1. The number of nitrogens with zero attached hydrogens (tertiary/aromatic N) is 2. The Kier molecular flexibility index (Phi) is 5.17. The van der Waals surface area contributed by atoms with Gasteiger partial charge in [0.1, 0.15) is 11.9 Å². The molecule has 1 heterocycles. The summed E-state index contributed by atoms with van der Waals surface area (Å²) in [5, 5.41) is 12.4. The monoisotopic (exact) mass is 345 g/mol. The zero-order chi connectivity index (χ0) is 17.1. The number of benzene rings is 1. The Bertz CT molecular complexity index is 698. The molecule has 5 nitrogen and oxygen atoms in total. The van der Waals surface area contributed by atoms with Gasteiger partial charge in [-0.15, -0.1) is 0 Å². The number of halogens is 1. The quantitative estimate of drug-likeness (QED) is 0.910. The summed E-state index contributed by atoms with van der Waals surface area (Å²) in [7, 11) is 0. The second-order valence-electron chi connectivity index (χ2n) is 6.49. The van der Waals surface area contributed by atoms with Gasteiger partial charge in [-0.2, -0.15) is 5.26 Å². The van der Waals surface area contributed by atoms with Crippen LogP contribution in [0.4, 0.5) is 5.69 Å². The molecule has 2 unspecified atom stereocenters. The summed E-state index contributed by atoms with van der Waals surface area (Å²) in [4.78, 5) is 26.5. The third-order valence-electron chi connectivity index (χ3n) is 4.95. The molecule has 1 aromatic rings. The molecule has 2 aliphatic rings. The van der Waals surface area contributed by atoms with E-state index in [1.54, 1.807) is 18.2 Å². The lowest BCUT2D eigenvalue weighted by molar-refractivity contribution is -0.124. The number of anilines is 1. The summed E-state index contributed by atoms with van der Waals surface area (Å²) < 4.78 is 0. The Morgan fingerprint density at radius 1 is 1.38 bits per heavy atom. The minimum atomic E-state index is -0.175. The van der Waals surface area contributed by atoms with Crippen LogP contribution in [0.2, 0.25) is 5.02 Å². The molecule has 0 aromatic heterocycles. The normalized spacial score (nSPS) is 24.1. The van der Waals surface area contributed by atoms with Crippen molar-refractivity contribution in [2.75, 3.05) is 18.4 Å². The first-order valence-corrected chi connectivity index (χ1v) is 8.72. The van der Waals surface area contributed by atoms with Crippen molar-refractivity contribution in [2.45, 2.75) is 38.1 Å². The first-order chi connectivity index (χ1) is 11.6. The van der Waals surface area contributed by atoms with E-state index in [0.29, 0.717) is 28.5 Å². The molecule has 1 aliphatic carbocycles. The van der Waals surface area contributed by atoms with E-state index in [0.717, 1.165) is 32.2 Å². The lowest BCUT2D eigenvalue weighted by Gasteiger charge is -2.28. The molecular formula is C18H20ClN3O2. The van der Waals surface area contributed by atoms with Gasteiger partial charge in [-0.05, 0) is 50.4 Å². The summed E-state index contributed by atoms with van der Waals surface area (Å²) in [6, 6.07) is 7.03. The van der Waals surface area contributed by atoms with Crippen molar-refractivity contribution in [3.8, 4) is 6.07 Å². The van der Waals surface area contributed by atoms with E-state index in [-0.39, 0.29) is 24.4 Å². The standard InChI is InChI=1S/C18H20ClN3O2/c19-13-7-6-12(10-20)15(9-13)21-18(24)11-22-8-2-4-16(22)14-3-1-5-17(14)23/h6-7,9,14,16H,1-5,8,11H2,(H,21,24). The highest BCUT2D eigenvalue weighted by molar-refractivity contribution is 6.31. The largest absolute Gasteiger partial charge is 0.324 e. The number of carbonyl (C=O) groups excluding carboxylic acids is 2. The van der Waals surface area contributed by atoms with Gasteiger partial charge in [0.05, 0.1) is 17.8 Å². The summed E-state index contributed by atoms with van der Waals surface area (Å²) >= 11 is 5.94. The van der Waals surface area contributed by atoms with E-state index in [9.17, 15) is 9.59 Å². The molecule has 2 atom stereocenters. The smallest absolute Gasteiger partial charge is 0.238 e. The van der Waals surface area contributed by atoms with Gasteiger partial charge in [-0.3, -0.25) is 14.5 Å². The van der Waals surface area contributed by atoms with E-state index < -0.39 is 0 Å². The molecule has 1 saturated carbocycles. The van der Waals surface area contributed by atoms with Crippen molar-refractivity contribution in [3.63, 3.8) is 0 Å². The van der Waals surface area contributed by atoms with Gasteiger partial charge in [0, 0.05) is 23.4 Å². The average molecular weight is 346 g/mol. The van der Waals surface area contributed by atoms with Crippen LogP contribution in [0.15, 0.2) is 18.2 Å². The second-order valence-corrected chi connectivity index (χ2v) is 6.93. The van der Waals surface area contributed by atoms with Crippen molar-refractivity contribution >= 4 is 29.0 Å². The number of ketones is 1. The molecule has 6 heteroatoms. The van der Waals surface area contributed by atoms with E-state index in [1.165, 1.54) is 0 Å². The number of carbonyl (C=O) groups is 2. The van der Waals surface area contributed by atoms with Crippen LogP contribution in [0.25, 0.3) is 0 Å². The number of rotatable bonds is 4. The van der Waals surface area contributed by atoms with Crippen molar-refractivity contribution in [2.24, 2.45) is 5.92 Å². The molecule has 1 saturated heterocycles. The molecule has 1 aliphatic heterocycles. The maximum atomic E-state index is 12.4. The van der Waals surface area contributed by atoms with Crippen LogP contribution in [0.5, 0.6) is 0 Å². The maximum Gasteiger partial charge on any atom is 0.238 e. The topological polar surface area (TPSA) is 73.2 Å². The summed E-state index contributed by atoms with van der Waals surface area (Å²) in [5.74, 6) is 0.251. The Hall–Kier alpha value is -1.90. The predicted molar refractivity (Wildman–Crippen MR) is 91.7 cm³/mol. The van der Waals surface area contributed by atoms with Crippen LogP contribution < -0.4 is 5.32 Å². The zero-order valence-corrected chi connectivity index (χ0v) is 14.2. The molecule has 2 fully saturated rings. The molecule has 1 amide bonds.